The average Bonchev–Trinajstić information content (AvgIpc) is 1.88. The van der Waals surface area contributed by atoms with Gasteiger partial charge in [0.05, 0.1) is 7.11 Å². The molecule has 2 nitrogen and oxygen atoms in total. The van der Waals surface area contributed by atoms with Gasteiger partial charge in [0.25, 0.3) is 0 Å². The van der Waals surface area contributed by atoms with Crippen LogP contribution in [0.25, 0.3) is 0 Å². The molecule has 1 aromatic heterocycles. The Morgan fingerprint density at radius 1 is 1.67 bits per heavy atom. The fourth-order valence-electron chi connectivity index (χ4n) is 0.512. The first-order valence-electron chi connectivity index (χ1n) is 2.48. The van der Waals surface area contributed by atoms with E-state index in [-0.39, 0.29) is 0 Å². The second kappa shape index (κ2) is 2.44. The molecule has 0 aliphatic heterocycles. The van der Waals surface area contributed by atoms with Crippen molar-refractivity contribution >= 4 is 0 Å². The monoisotopic (exact) mass is 127 g/mol. The lowest BCUT2D eigenvalue weighted by molar-refractivity contribution is 0.409. The Bertz CT molecular complexity index is 202. The fraction of sp³-hybridized carbons (Fsp3) is 0.167. The number of pyridine rings is 1. The van der Waals surface area contributed by atoms with E-state index in [1.54, 1.807) is 6.07 Å². The summed E-state index contributed by atoms with van der Waals surface area (Å²) in [6.07, 6.45) is 1.36. The minimum atomic E-state index is -0.519. The zero-order valence-electron chi connectivity index (χ0n) is 4.97. The van der Waals surface area contributed by atoms with Gasteiger partial charge in [-0.2, -0.15) is 4.39 Å². The largest absolute Gasteiger partial charge is 0.497 e. The number of hydrogen-bond acceptors (Lipinski definition) is 2. The number of nitrogens with zero attached hydrogens (tertiary/aromatic N) is 1. The third-order valence-corrected chi connectivity index (χ3v) is 0.934. The lowest BCUT2D eigenvalue weighted by Gasteiger charge is -1.95. The van der Waals surface area contributed by atoms with Crippen LogP contribution in [0.5, 0.6) is 5.75 Å². The molecule has 0 aliphatic carbocycles. The van der Waals surface area contributed by atoms with Gasteiger partial charge in [0.2, 0.25) is 5.95 Å². The number of hydrogen-bond donors (Lipinski definition) is 0. The summed E-state index contributed by atoms with van der Waals surface area (Å²) in [7, 11) is 1.48. The summed E-state index contributed by atoms with van der Waals surface area (Å²) in [4.78, 5) is 3.34. The minimum absolute atomic E-state index is 0.488. The van der Waals surface area contributed by atoms with Crippen molar-refractivity contribution in [2.24, 2.45) is 0 Å². The van der Waals surface area contributed by atoms with Gasteiger partial charge < -0.3 is 4.74 Å². The lowest BCUT2D eigenvalue weighted by Crippen LogP contribution is -1.85. The lowest BCUT2D eigenvalue weighted by atomic mass is 10.4. The molecular formula is C6H6FNO. The standard InChI is InChI=1S/C6H6FNO/c1-9-5-2-3-8-6(7)4-5/h2-4H,1H3. The van der Waals surface area contributed by atoms with Crippen LogP contribution in [0.2, 0.25) is 0 Å². The number of aromatic nitrogens is 1. The second-order valence-corrected chi connectivity index (χ2v) is 1.52. The maximum Gasteiger partial charge on any atom is 0.216 e. The van der Waals surface area contributed by atoms with Crippen molar-refractivity contribution in [2.75, 3.05) is 7.11 Å². The van der Waals surface area contributed by atoms with Crippen molar-refractivity contribution in [3.8, 4) is 5.75 Å². The Morgan fingerprint density at radius 3 is 2.89 bits per heavy atom. The third kappa shape index (κ3) is 1.38. The molecule has 1 heterocycles. The number of ether oxygens (including phenoxy) is 1. The van der Waals surface area contributed by atoms with Crippen LogP contribution >= 0.6 is 0 Å². The smallest absolute Gasteiger partial charge is 0.216 e. The summed E-state index contributed by atoms with van der Waals surface area (Å²) in [5.41, 5.74) is 0. The Kier molecular flexibility index (Phi) is 1.63. The van der Waals surface area contributed by atoms with Crippen LogP contribution in [0.4, 0.5) is 4.39 Å². The Labute approximate surface area is 52.3 Å². The zero-order chi connectivity index (χ0) is 6.69. The molecule has 48 valence electrons. The number of rotatable bonds is 1. The molecule has 3 heteroatoms. The minimum Gasteiger partial charge on any atom is -0.497 e. The van der Waals surface area contributed by atoms with Gasteiger partial charge in [-0.15, -0.1) is 0 Å². The van der Waals surface area contributed by atoms with E-state index in [0.717, 1.165) is 0 Å². The maximum atomic E-state index is 12.2. The fourth-order valence-corrected chi connectivity index (χ4v) is 0.512. The highest BCUT2D eigenvalue weighted by Gasteiger charge is 1.91. The van der Waals surface area contributed by atoms with Crippen LogP contribution in [-0.4, -0.2) is 12.1 Å². The van der Waals surface area contributed by atoms with Crippen molar-refractivity contribution in [2.45, 2.75) is 0 Å². The summed E-state index contributed by atoms with van der Waals surface area (Å²) in [6, 6.07) is 2.81. The summed E-state index contributed by atoms with van der Waals surface area (Å²) in [5.74, 6) is -0.0307. The van der Waals surface area contributed by atoms with E-state index >= 15 is 0 Å². The first kappa shape index (κ1) is 6.01. The van der Waals surface area contributed by atoms with Gasteiger partial charge >= 0.3 is 0 Å². The highest BCUT2D eigenvalue weighted by Crippen LogP contribution is 2.07. The highest BCUT2D eigenvalue weighted by molar-refractivity contribution is 5.17. The molecule has 1 aromatic rings. The molecule has 0 saturated carbocycles. The SMILES string of the molecule is COc1ccnc(F)c1. The van der Waals surface area contributed by atoms with Crippen LogP contribution in [0, 0.1) is 5.95 Å². The molecule has 0 atom stereocenters. The molecule has 0 N–H and O–H groups in total. The molecule has 0 unspecified atom stereocenters. The quantitative estimate of drug-likeness (QED) is 0.529. The summed E-state index contributed by atoms with van der Waals surface area (Å²) in [6.45, 7) is 0. The highest BCUT2D eigenvalue weighted by atomic mass is 19.1. The Balaban J connectivity index is 2.94. The van der Waals surface area contributed by atoms with Crippen molar-refractivity contribution in [3.05, 3.63) is 24.3 Å². The van der Waals surface area contributed by atoms with E-state index in [1.807, 2.05) is 0 Å². The van der Waals surface area contributed by atoms with Crippen LogP contribution in [-0.2, 0) is 0 Å². The average molecular weight is 127 g/mol. The number of halogens is 1. The zero-order valence-corrected chi connectivity index (χ0v) is 4.97. The van der Waals surface area contributed by atoms with E-state index in [9.17, 15) is 4.39 Å². The molecule has 0 amide bonds. The number of methoxy groups -OCH3 is 1. The Hall–Kier alpha value is -1.12. The predicted octanol–water partition coefficient (Wildman–Crippen LogP) is 1.23. The molecule has 0 spiro atoms. The van der Waals surface area contributed by atoms with E-state index in [0.29, 0.717) is 5.75 Å². The summed E-state index contributed by atoms with van der Waals surface area (Å²) in [5, 5.41) is 0. The topological polar surface area (TPSA) is 22.1 Å². The van der Waals surface area contributed by atoms with Crippen LogP contribution in [0.15, 0.2) is 18.3 Å². The van der Waals surface area contributed by atoms with E-state index in [4.69, 9.17) is 4.74 Å². The van der Waals surface area contributed by atoms with Crippen LogP contribution < -0.4 is 4.74 Å². The molecule has 1 rings (SSSR count). The van der Waals surface area contributed by atoms with Gasteiger partial charge in [-0.05, 0) is 6.07 Å². The van der Waals surface area contributed by atoms with Gasteiger partial charge in [-0.3, -0.25) is 0 Å². The van der Waals surface area contributed by atoms with Gasteiger partial charge in [0, 0.05) is 12.3 Å². The molecule has 0 saturated heterocycles. The molecule has 9 heavy (non-hydrogen) atoms. The van der Waals surface area contributed by atoms with Crippen molar-refractivity contribution in [1.29, 1.82) is 0 Å². The van der Waals surface area contributed by atoms with Gasteiger partial charge in [0.15, 0.2) is 0 Å². The predicted molar refractivity (Wildman–Crippen MR) is 30.7 cm³/mol. The van der Waals surface area contributed by atoms with Crippen LogP contribution in [0.3, 0.4) is 0 Å². The van der Waals surface area contributed by atoms with Gasteiger partial charge in [-0.25, -0.2) is 4.98 Å². The molecule has 0 aliphatic rings. The van der Waals surface area contributed by atoms with E-state index in [2.05, 4.69) is 4.98 Å². The molecule has 0 radical (unpaired) electrons. The second-order valence-electron chi connectivity index (χ2n) is 1.52. The summed E-state index contributed by atoms with van der Waals surface area (Å²) >= 11 is 0. The van der Waals surface area contributed by atoms with Gasteiger partial charge in [-0.1, -0.05) is 0 Å². The molecular weight excluding hydrogens is 121 g/mol. The first-order chi connectivity index (χ1) is 4.33. The third-order valence-electron chi connectivity index (χ3n) is 0.934. The van der Waals surface area contributed by atoms with E-state index in [1.165, 1.54) is 19.4 Å². The van der Waals surface area contributed by atoms with Crippen molar-refractivity contribution in [1.82, 2.24) is 4.98 Å². The molecule has 0 bridgehead atoms. The summed E-state index contributed by atoms with van der Waals surface area (Å²) < 4.78 is 16.9. The van der Waals surface area contributed by atoms with Crippen molar-refractivity contribution < 1.29 is 9.13 Å². The molecule has 0 aromatic carbocycles. The van der Waals surface area contributed by atoms with Gasteiger partial charge in [0.1, 0.15) is 5.75 Å². The molecule has 0 fully saturated rings. The maximum absolute atomic E-state index is 12.2. The van der Waals surface area contributed by atoms with Crippen molar-refractivity contribution in [3.63, 3.8) is 0 Å². The Morgan fingerprint density at radius 2 is 2.44 bits per heavy atom. The normalized spacial score (nSPS) is 9.11. The van der Waals surface area contributed by atoms with Crippen LogP contribution in [0.1, 0.15) is 0 Å². The van der Waals surface area contributed by atoms with E-state index < -0.39 is 5.95 Å². The first-order valence-corrected chi connectivity index (χ1v) is 2.48.